The van der Waals surface area contributed by atoms with Crippen LogP contribution in [0, 0.1) is 0 Å². The van der Waals surface area contributed by atoms with E-state index in [0.29, 0.717) is 52.7 Å². The van der Waals surface area contributed by atoms with Crippen molar-refractivity contribution < 1.29 is 33.3 Å². The van der Waals surface area contributed by atoms with Gasteiger partial charge in [0.25, 0.3) is 0 Å². The van der Waals surface area contributed by atoms with Crippen LogP contribution in [0.5, 0.6) is 0 Å². The fourth-order valence-corrected chi connectivity index (χ4v) is 1.74. The fraction of sp³-hybridized carbons (Fsp3) is 0.882. The number of rotatable bonds is 17. The number of ether oxygens (including phenoxy) is 5. The largest absolute Gasteiger partial charge is 0.466 e. The first-order chi connectivity index (χ1) is 11.7. The highest BCUT2D eigenvalue weighted by Gasteiger charge is 2.02. The molecule has 0 saturated carbocycles. The van der Waals surface area contributed by atoms with Gasteiger partial charge >= 0.3 is 11.9 Å². The minimum atomic E-state index is -0.252. The molecule has 0 N–H and O–H groups in total. The van der Waals surface area contributed by atoms with Gasteiger partial charge in [-0.1, -0.05) is 19.8 Å². The quantitative estimate of drug-likeness (QED) is 0.294. The average Bonchev–Trinajstić information content (AvgIpc) is 2.56. The molecule has 0 heterocycles. The third kappa shape index (κ3) is 17.2. The maximum Gasteiger partial charge on any atom is 0.308 e. The zero-order valence-electron chi connectivity index (χ0n) is 15.1. The van der Waals surface area contributed by atoms with Gasteiger partial charge in [-0.2, -0.15) is 0 Å². The SMILES string of the molecule is CCCCCC(=O)OCCOCCOCCOCCC(=O)OCC. The van der Waals surface area contributed by atoms with E-state index in [0.717, 1.165) is 19.3 Å². The Kier molecular flexibility index (Phi) is 17.3. The van der Waals surface area contributed by atoms with E-state index in [9.17, 15) is 9.59 Å². The van der Waals surface area contributed by atoms with Gasteiger partial charge in [-0.25, -0.2) is 0 Å². The Balaban J connectivity index is 3.15. The Bertz CT molecular complexity index is 307. The number of hydrogen-bond acceptors (Lipinski definition) is 7. The predicted molar refractivity (Wildman–Crippen MR) is 88.8 cm³/mol. The lowest BCUT2D eigenvalue weighted by atomic mass is 10.2. The van der Waals surface area contributed by atoms with Crippen molar-refractivity contribution in [1.29, 1.82) is 0 Å². The van der Waals surface area contributed by atoms with E-state index in [2.05, 4.69) is 6.92 Å². The molecule has 7 nitrogen and oxygen atoms in total. The Hall–Kier alpha value is -1.18. The van der Waals surface area contributed by atoms with E-state index in [-0.39, 0.29) is 25.0 Å². The lowest BCUT2D eigenvalue weighted by Gasteiger charge is -2.07. The van der Waals surface area contributed by atoms with Crippen molar-refractivity contribution in [3.63, 3.8) is 0 Å². The van der Waals surface area contributed by atoms with Crippen molar-refractivity contribution in [3.05, 3.63) is 0 Å². The normalized spacial score (nSPS) is 10.6. The topological polar surface area (TPSA) is 80.3 Å². The number of carbonyl (C=O) groups is 2. The molecule has 0 spiro atoms. The average molecular weight is 348 g/mol. The molecular weight excluding hydrogens is 316 g/mol. The number of carbonyl (C=O) groups excluding carboxylic acids is 2. The molecule has 0 amide bonds. The molecule has 142 valence electrons. The first-order valence-electron chi connectivity index (χ1n) is 8.75. The molecule has 0 rings (SSSR count). The summed E-state index contributed by atoms with van der Waals surface area (Å²) in [5.41, 5.74) is 0. The minimum absolute atomic E-state index is 0.164. The summed E-state index contributed by atoms with van der Waals surface area (Å²) in [5, 5.41) is 0. The van der Waals surface area contributed by atoms with Crippen LogP contribution in [0.15, 0.2) is 0 Å². The molecule has 0 atom stereocenters. The van der Waals surface area contributed by atoms with Gasteiger partial charge in [0, 0.05) is 6.42 Å². The van der Waals surface area contributed by atoms with Gasteiger partial charge in [-0.05, 0) is 13.3 Å². The van der Waals surface area contributed by atoms with Crippen LogP contribution in [0.1, 0.15) is 46.0 Å². The van der Waals surface area contributed by atoms with Gasteiger partial charge in [-0.15, -0.1) is 0 Å². The van der Waals surface area contributed by atoms with E-state index in [1.54, 1.807) is 6.92 Å². The second-order valence-corrected chi connectivity index (χ2v) is 5.07. The van der Waals surface area contributed by atoms with Gasteiger partial charge in [0.1, 0.15) is 6.61 Å². The third-order valence-electron chi connectivity index (χ3n) is 2.98. The lowest BCUT2D eigenvalue weighted by molar-refractivity contribution is -0.146. The zero-order chi connectivity index (χ0) is 17.9. The van der Waals surface area contributed by atoms with Crippen LogP contribution in [-0.4, -0.2) is 64.8 Å². The highest BCUT2D eigenvalue weighted by atomic mass is 16.6. The molecule has 0 aliphatic rings. The Labute approximate surface area is 144 Å². The first-order valence-corrected chi connectivity index (χ1v) is 8.75. The molecule has 0 bridgehead atoms. The highest BCUT2D eigenvalue weighted by Crippen LogP contribution is 2.00. The first kappa shape index (κ1) is 22.8. The Morgan fingerprint density at radius 3 is 1.75 bits per heavy atom. The van der Waals surface area contributed by atoms with Gasteiger partial charge in [-0.3, -0.25) is 9.59 Å². The second kappa shape index (κ2) is 18.2. The maximum atomic E-state index is 11.3. The van der Waals surface area contributed by atoms with Gasteiger partial charge in [0.2, 0.25) is 0 Å². The smallest absolute Gasteiger partial charge is 0.308 e. The van der Waals surface area contributed by atoms with Crippen molar-refractivity contribution in [2.24, 2.45) is 0 Å². The van der Waals surface area contributed by atoms with Crippen molar-refractivity contribution in [3.8, 4) is 0 Å². The fourth-order valence-electron chi connectivity index (χ4n) is 1.74. The standard InChI is InChI=1S/C17H32O7/c1-3-5-6-7-16(18)24-15-14-22-13-12-21-11-10-20-9-8-17(19)23-4-2/h3-15H2,1-2H3. The molecule has 0 aromatic rings. The van der Waals surface area contributed by atoms with Crippen molar-refractivity contribution in [1.82, 2.24) is 0 Å². The summed E-state index contributed by atoms with van der Waals surface area (Å²) in [7, 11) is 0. The van der Waals surface area contributed by atoms with E-state index < -0.39 is 0 Å². The van der Waals surface area contributed by atoms with E-state index >= 15 is 0 Å². The lowest BCUT2D eigenvalue weighted by Crippen LogP contribution is -2.14. The zero-order valence-corrected chi connectivity index (χ0v) is 15.1. The van der Waals surface area contributed by atoms with E-state index in [1.807, 2.05) is 0 Å². The molecule has 0 aromatic carbocycles. The van der Waals surface area contributed by atoms with Crippen molar-refractivity contribution in [2.45, 2.75) is 46.0 Å². The molecule has 0 radical (unpaired) electrons. The highest BCUT2D eigenvalue weighted by molar-refractivity contribution is 5.69. The van der Waals surface area contributed by atoms with Crippen LogP contribution in [0.3, 0.4) is 0 Å². The summed E-state index contributed by atoms with van der Waals surface area (Å²) in [6.07, 6.45) is 3.76. The van der Waals surface area contributed by atoms with Crippen LogP contribution in [0.2, 0.25) is 0 Å². The second-order valence-electron chi connectivity index (χ2n) is 5.07. The monoisotopic (exact) mass is 348 g/mol. The molecule has 0 aromatic heterocycles. The van der Waals surface area contributed by atoms with Crippen LogP contribution in [0.4, 0.5) is 0 Å². The van der Waals surface area contributed by atoms with Gasteiger partial charge < -0.3 is 23.7 Å². The minimum Gasteiger partial charge on any atom is -0.466 e. The molecule has 0 aliphatic carbocycles. The van der Waals surface area contributed by atoms with Gasteiger partial charge in [0.15, 0.2) is 0 Å². The van der Waals surface area contributed by atoms with Crippen LogP contribution in [-0.2, 0) is 33.3 Å². The Morgan fingerprint density at radius 2 is 1.17 bits per heavy atom. The molecule has 0 unspecified atom stereocenters. The molecule has 0 saturated heterocycles. The summed E-state index contributed by atoms with van der Waals surface area (Å²) in [6, 6.07) is 0. The summed E-state index contributed by atoms with van der Waals surface area (Å²) in [5.74, 6) is -0.416. The van der Waals surface area contributed by atoms with E-state index in [1.165, 1.54) is 0 Å². The van der Waals surface area contributed by atoms with Crippen LogP contribution in [0.25, 0.3) is 0 Å². The molecule has 7 heteroatoms. The van der Waals surface area contributed by atoms with Crippen molar-refractivity contribution >= 4 is 11.9 Å². The van der Waals surface area contributed by atoms with Crippen molar-refractivity contribution in [2.75, 3.05) is 52.9 Å². The third-order valence-corrected chi connectivity index (χ3v) is 2.98. The summed E-state index contributed by atoms with van der Waals surface area (Å²) < 4.78 is 25.6. The molecule has 0 fully saturated rings. The summed E-state index contributed by atoms with van der Waals surface area (Å²) in [6.45, 7) is 7.00. The molecule has 24 heavy (non-hydrogen) atoms. The summed E-state index contributed by atoms with van der Waals surface area (Å²) >= 11 is 0. The Morgan fingerprint density at radius 1 is 0.625 bits per heavy atom. The maximum absolute atomic E-state index is 11.3. The number of unbranched alkanes of at least 4 members (excludes halogenated alkanes) is 2. The predicted octanol–water partition coefficient (Wildman–Crippen LogP) is 2.11. The van der Waals surface area contributed by atoms with Crippen LogP contribution >= 0.6 is 0 Å². The molecular formula is C17H32O7. The number of hydrogen-bond donors (Lipinski definition) is 0. The summed E-state index contributed by atoms with van der Waals surface area (Å²) in [4.78, 5) is 22.3. The molecule has 0 aliphatic heterocycles. The van der Waals surface area contributed by atoms with E-state index in [4.69, 9.17) is 23.7 Å². The van der Waals surface area contributed by atoms with Crippen LogP contribution < -0.4 is 0 Å². The van der Waals surface area contributed by atoms with Gasteiger partial charge in [0.05, 0.1) is 52.7 Å². The number of esters is 2.